The van der Waals surface area contributed by atoms with Gasteiger partial charge in [0, 0.05) is 23.7 Å². The van der Waals surface area contributed by atoms with E-state index in [4.69, 9.17) is 0 Å². The highest BCUT2D eigenvalue weighted by atomic mass is 15.1. The molecule has 1 N–H and O–H groups in total. The zero-order valence-electron chi connectivity index (χ0n) is 9.46. The molecule has 3 aromatic rings. The molecule has 0 amide bonds. The SMILES string of the molecule is Cc1cc(-c2ccccc2-n2ccnc2)n[nH]1. The largest absolute Gasteiger partial charge is 0.306 e. The molecule has 0 aliphatic heterocycles. The average Bonchev–Trinajstić information content (AvgIpc) is 3.00. The van der Waals surface area contributed by atoms with Gasteiger partial charge in [-0.3, -0.25) is 5.10 Å². The summed E-state index contributed by atoms with van der Waals surface area (Å²) in [6.45, 7) is 2.00. The van der Waals surface area contributed by atoms with Gasteiger partial charge in [-0.05, 0) is 19.1 Å². The number of nitrogens with one attached hydrogen (secondary N) is 1. The minimum atomic E-state index is 0.951. The fourth-order valence-corrected chi connectivity index (χ4v) is 1.87. The van der Waals surface area contributed by atoms with Crippen molar-refractivity contribution < 1.29 is 0 Å². The molecule has 0 aliphatic rings. The van der Waals surface area contributed by atoms with Gasteiger partial charge in [0.15, 0.2) is 0 Å². The maximum atomic E-state index is 4.30. The standard InChI is InChI=1S/C13H12N4/c1-10-8-12(16-15-10)11-4-2-3-5-13(11)17-7-6-14-9-17/h2-9H,1H3,(H,15,16). The van der Waals surface area contributed by atoms with E-state index >= 15 is 0 Å². The first-order chi connectivity index (χ1) is 8.34. The van der Waals surface area contributed by atoms with Crippen LogP contribution in [0.3, 0.4) is 0 Å². The van der Waals surface area contributed by atoms with Crippen LogP contribution >= 0.6 is 0 Å². The zero-order valence-corrected chi connectivity index (χ0v) is 9.46. The third-order valence-corrected chi connectivity index (χ3v) is 2.67. The third kappa shape index (κ3) is 1.73. The summed E-state index contributed by atoms with van der Waals surface area (Å²) in [6.07, 6.45) is 5.49. The number of nitrogens with zero attached hydrogens (tertiary/aromatic N) is 3. The van der Waals surface area contributed by atoms with E-state index in [1.54, 1.807) is 12.5 Å². The number of hydrogen-bond donors (Lipinski definition) is 1. The van der Waals surface area contributed by atoms with Gasteiger partial charge in [-0.1, -0.05) is 18.2 Å². The molecule has 4 nitrogen and oxygen atoms in total. The van der Waals surface area contributed by atoms with Gasteiger partial charge >= 0.3 is 0 Å². The molecule has 3 rings (SSSR count). The molecule has 84 valence electrons. The van der Waals surface area contributed by atoms with E-state index in [2.05, 4.69) is 27.3 Å². The number of aryl methyl sites for hydroxylation is 1. The molecule has 2 aromatic heterocycles. The van der Waals surface area contributed by atoms with Crippen LogP contribution in [0, 0.1) is 6.92 Å². The highest BCUT2D eigenvalue weighted by Gasteiger charge is 2.08. The molecular formula is C13H12N4. The molecule has 0 saturated heterocycles. The second-order valence-corrected chi connectivity index (χ2v) is 3.92. The molecule has 17 heavy (non-hydrogen) atoms. The Morgan fingerprint density at radius 2 is 2.12 bits per heavy atom. The highest BCUT2D eigenvalue weighted by Crippen LogP contribution is 2.25. The van der Waals surface area contributed by atoms with Crippen molar-refractivity contribution in [3.8, 4) is 16.9 Å². The van der Waals surface area contributed by atoms with Crippen LogP contribution in [-0.2, 0) is 0 Å². The Balaban J connectivity index is 2.17. The predicted molar refractivity (Wildman–Crippen MR) is 65.9 cm³/mol. The number of H-pyrrole nitrogens is 1. The minimum Gasteiger partial charge on any atom is -0.306 e. The van der Waals surface area contributed by atoms with Crippen molar-refractivity contribution in [2.24, 2.45) is 0 Å². The number of aromatic amines is 1. The lowest BCUT2D eigenvalue weighted by atomic mass is 10.1. The van der Waals surface area contributed by atoms with Crippen molar-refractivity contribution in [3.05, 3.63) is 54.7 Å². The molecule has 1 aromatic carbocycles. The summed E-state index contributed by atoms with van der Waals surface area (Å²) in [5.74, 6) is 0. The third-order valence-electron chi connectivity index (χ3n) is 2.67. The van der Waals surface area contributed by atoms with E-state index in [9.17, 15) is 0 Å². The molecule has 0 bridgehead atoms. The Hall–Kier alpha value is -2.36. The number of hydrogen-bond acceptors (Lipinski definition) is 2. The number of rotatable bonds is 2. The number of para-hydroxylation sites is 1. The van der Waals surface area contributed by atoms with Crippen LogP contribution in [0.4, 0.5) is 0 Å². The molecule has 0 saturated carbocycles. The maximum absolute atomic E-state index is 4.30. The lowest BCUT2D eigenvalue weighted by Crippen LogP contribution is -1.93. The molecule has 0 fully saturated rings. The summed E-state index contributed by atoms with van der Waals surface area (Å²) in [6, 6.07) is 10.2. The second kappa shape index (κ2) is 3.90. The van der Waals surface area contributed by atoms with E-state index in [1.807, 2.05) is 35.9 Å². The van der Waals surface area contributed by atoms with Gasteiger partial charge in [0.1, 0.15) is 0 Å². The van der Waals surface area contributed by atoms with Crippen LogP contribution in [0.2, 0.25) is 0 Å². The first-order valence-corrected chi connectivity index (χ1v) is 5.44. The molecule has 4 heteroatoms. The van der Waals surface area contributed by atoms with E-state index in [0.717, 1.165) is 22.6 Å². The molecule has 0 unspecified atom stereocenters. The van der Waals surface area contributed by atoms with E-state index in [-0.39, 0.29) is 0 Å². The lowest BCUT2D eigenvalue weighted by molar-refractivity contribution is 1.03. The molecule has 0 radical (unpaired) electrons. The fraction of sp³-hybridized carbons (Fsp3) is 0.0769. The summed E-state index contributed by atoms with van der Waals surface area (Å²) in [4.78, 5) is 4.07. The number of aromatic nitrogens is 4. The van der Waals surface area contributed by atoms with E-state index in [0.29, 0.717) is 0 Å². The van der Waals surface area contributed by atoms with Crippen LogP contribution in [0.25, 0.3) is 16.9 Å². The normalized spacial score (nSPS) is 10.6. The molecule has 0 atom stereocenters. The Morgan fingerprint density at radius 3 is 2.82 bits per heavy atom. The monoisotopic (exact) mass is 224 g/mol. The van der Waals surface area contributed by atoms with Gasteiger partial charge in [-0.15, -0.1) is 0 Å². The van der Waals surface area contributed by atoms with E-state index < -0.39 is 0 Å². The van der Waals surface area contributed by atoms with Crippen molar-refractivity contribution in [2.45, 2.75) is 6.92 Å². The topological polar surface area (TPSA) is 46.5 Å². The lowest BCUT2D eigenvalue weighted by Gasteiger charge is -2.07. The number of benzene rings is 1. The van der Waals surface area contributed by atoms with Crippen LogP contribution < -0.4 is 0 Å². The Bertz CT molecular complexity index is 622. The first kappa shape index (κ1) is 9.84. The second-order valence-electron chi connectivity index (χ2n) is 3.92. The van der Waals surface area contributed by atoms with Crippen molar-refractivity contribution in [2.75, 3.05) is 0 Å². The van der Waals surface area contributed by atoms with Gasteiger partial charge in [0.25, 0.3) is 0 Å². The Kier molecular flexibility index (Phi) is 2.26. The van der Waals surface area contributed by atoms with Crippen LogP contribution in [0.1, 0.15) is 5.69 Å². The summed E-state index contributed by atoms with van der Waals surface area (Å²) in [5, 5.41) is 7.26. The maximum Gasteiger partial charge on any atom is 0.0991 e. The number of imidazole rings is 1. The van der Waals surface area contributed by atoms with Crippen LogP contribution in [0.15, 0.2) is 49.1 Å². The Morgan fingerprint density at radius 1 is 1.24 bits per heavy atom. The van der Waals surface area contributed by atoms with Crippen LogP contribution in [0.5, 0.6) is 0 Å². The molecule has 0 spiro atoms. The van der Waals surface area contributed by atoms with Crippen LogP contribution in [-0.4, -0.2) is 19.7 Å². The van der Waals surface area contributed by atoms with Crippen molar-refractivity contribution in [3.63, 3.8) is 0 Å². The predicted octanol–water partition coefficient (Wildman–Crippen LogP) is 2.57. The van der Waals surface area contributed by atoms with Gasteiger partial charge in [0.2, 0.25) is 0 Å². The minimum absolute atomic E-state index is 0.951. The molecule has 0 aliphatic carbocycles. The quantitative estimate of drug-likeness (QED) is 0.727. The summed E-state index contributed by atoms with van der Waals surface area (Å²) in [7, 11) is 0. The van der Waals surface area contributed by atoms with Crippen molar-refractivity contribution in [1.82, 2.24) is 19.7 Å². The summed E-state index contributed by atoms with van der Waals surface area (Å²) < 4.78 is 1.99. The summed E-state index contributed by atoms with van der Waals surface area (Å²) >= 11 is 0. The molecular weight excluding hydrogens is 212 g/mol. The van der Waals surface area contributed by atoms with Crippen molar-refractivity contribution >= 4 is 0 Å². The van der Waals surface area contributed by atoms with E-state index in [1.165, 1.54) is 0 Å². The average molecular weight is 224 g/mol. The van der Waals surface area contributed by atoms with Crippen molar-refractivity contribution in [1.29, 1.82) is 0 Å². The first-order valence-electron chi connectivity index (χ1n) is 5.44. The molecule has 2 heterocycles. The van der Waals surface area contributed by atoms with Gasteiger partial charge in [-0.25, -0.2) is 4.98 Å². The van der Waals surface area contributed by atoms with Gasteiger partial charge < -0.3 is 4.57 Å². The summed E-state index contributed by atoms with van der Waals surface area (Å²) in [5.41, 5.74) is 4.18. The van der Waals surface area contributed by atoms with Gasteiger partial charge in [-0.2, -0.15) is 5.10 Å². The highest BCUT2D eigenvalue weighted by molar-refractivity contribution is 5.70. The Labute approximate surface area is 98.9 Å². The smallest absolute Gasteiger partial charge is 0.0991 e. The zero-order chi connectivity index (χ0) is 11.7. The fourth-order valence-electron chi connectivity index (χ4n) is 1.87. The van der Waals surface area contributed by atoms with Gasteiger partial charge in [0.05, 0.1) is 17.7 Å².